The maximum atomic E-state index is 11.9. The topological polar surface area (TPSA) is 65.5 Å². The summed E-state index contributed by atoms with van der Waals surface area (Å²) in [6, 6.07) is 7.29. The Bertz CT molecular complexity index is 485. The molecule has 1 aromatic carbocycles. The van der Waals surface area contributed by atoms with Crippen molar-refractivity contribution < 1.29 is 4.79 Å². The van der Waals surface area contributed by atoms with Gasteiger partial charge in [-0.15, -0.1) is 0 Å². The number of guanidine groups is 1. The molecule has 1 amide bonds. The van der Waals surface area contributed by atoms with Gasteiger partial charge in [0.2, 0.25) is 0 Å². The van der Waals surface area contributed by atoms with Crippen LogP contribution in [0, 0.1) is 5.92 Å². The largest absolute Gasteiger partial charge is 0.356 e. The lowest BCUT2D eigenvalue weighted by molar-refractivity contribution is 0.0954. The van der Waals surface area contributed by atoms with Gasteiger partial charge in [0.05, 0.1) is 0 Å². The molecule has 6 heteroatoms. The number of hydrogen-bond acceptors (Lipinski definition) is 2. The summed E-state index contributed by atoms with van der Waals surface area (Å²) in [7, 11) is 1.74. The molecule has 5 nitrogen and oxygen atoms in total. The molecule has 0 fully saturated rings. The first kappa shape index (κ1) is 18.5. The number of nitrogens with one attached hydrogen (secondary N) is 3. The Kier molecular flexibility index (Phi) is 8.58. The van der Waals surface area contributed by atoms with Crippen molar-refractivity contribution in [1.29, 1.82) is 0 Å². The first-order valence-corrected chi connectivity index (χ1v) is 8.30. The molecule has 0 aliphatic heterocycles. The molecule has 0 saturated heterocycles. The highest BCUT2D eigenvalue weighted by atomic mass is 79.9. The van der Waals surface area contributed by atoms with E-state index < -0.39 is 0 Å². The first-order chi connectivity index (χ1) is 10.5. The van der Waals surface area contributed by atoms with Crippen LogP contribution in [-0.4, -0.2) is 38.5 Å². The number of rotatable bonds is 7. The van der Waals surface area contributed by atoms with Gasteiger partial charge >= 0.3 is 0 Å². The van der Waals surface area contributed by atoms with E-state index in [9.17, 15) is 4.79 Å². The zero-order chi connectivity index (χ0) is 16.4. The highest BCUT2D eigenvalue weighted by molar-refractivity contribution is 9.10. The van der Waals surface area contributed by atoms with Crippen LogP contribution in [0.2, 0.25) is 0 Å². The van der Waals surface area contributed by atoms with Crippen LogP contribution in [0.25, 0.3) is 0 Å². The molecule has 1 aromatic rings. The smallest absolute Gasteiger partial charge is 0.251 e. The Morgan fingerprint density at radius 1 is 1.09 bits per heavy atom. The van der Waals surface area contributed by atoms with Crippen molar-refractivity contribution in [3.8, 4) is 0 Å². The average Bonchev–Trinajstić information content (AvgIpc) is 2.49. The van der Waals surface area contributed by atoms with Crippen LogP contribution in [0.5, 0.6) is 0 Å². The highest BCUT2D eigenvalue weighted by Gasteiger charge is 2.04. The maximum absolute atomic E-state index is 11.9. The van der Waals surface area contributed by atoms with E-state index in [-0.39, 0.29) is 5.91 Å². The summed E-state index contributed by atoms with van der Waals surface area (Å²) in [5.74, 6) is 1.35. The fourth-order valence-corrected chi connectivity index (χ4v) is 2.02. The van der Waals surface area contributed by atoms with Crippen molar-refractivity contribution in [1.82, 2.24) is 16.0 Å². The minimum Gasteiger partial charge on any atom is -0.356 e. The zero-order valence-electron chi connectivity index (χ0n) is 13.4. The molecule has 0 radical (unpaired) electrons. The SMILES string of the molecule is CN=C(NCCNC(=O)c1ccc(Br)cc1)NCCC(C)C. The Morgan fingerprint density at radius 2 is 1.68 bits per heavy atom. The third-order valence-electron chi connectivity index (χ3n) is 3.05. The molecule has 0 aliphatic carbocycles. The van der Waals surface area contributed by atoms with Crippen molar-refractivity contribution in [2.75, 3.05) is 26.7 Å². The van der Waals surface area contributed by atoms with Gasteiger partial charge in [-0.1, -0.05) is 29.8 Å². The van der Waals surface area contributed by atoms with Gasteiger partial charge in [0.25, 0.3) is 5.91 Å². The van der Waals surface area contributed by atoms with Gasteiger partial charge in [-0.25, -0.2) is 0 Å². The van der Waals surface area contributed by atoms with Crippen molar-refractivity contribution in [2.24, 2.45) is 10.9 Å². The summed E-state index contributed by atoms with van der Waals surface area (Å²) in [5.41, 5.74) is 0.655. The van der Waals surface area contributed by atoms with Crippen LogP contribution < -0.4 is 16.0 Å². The molecule has 3 N–H and O–H groups in total. The average molecular weight is 369 g/mol. The molecule has 0 saturated carbocycles. The molecular formula is C16H25BrN4O. The monoisotopic (exact) mass is 368 g/mol. The minimum atomic E-state index is -0.0722. The van der Waals surface area contributed by atoms with E-state index in [0.29, 0.717) is 24.6 Å². The molecule has 0 heterocycles. The molecule has 122 valence electrons. The van der Waals surface area contributed by atoms with Gasteiger partial charge in [0.15, 0.2) is 5.96 Å². The normalized spacial score (nSPS) is 11.4. The van der Waals surface area contributed by atoms with Gasteiger partial charge in [0.1, 0.15) is 0 Å². The molecule has 0 spiro atoms. The lowest BCUT2D eigenvalue weighted by atomic mass is 10.1. The molecule has 0 bridgehead atoms. The van der Waals surface area contributed by atoms with Crippen molar-refractivity contribution in [3.63, 3.8) is 0 Å². The van der Waals surface area contributed by atoms with E-state index in [1.807, 2.05) is 12.1 Å². The molecule has 22 heavy (non-hydrogen) atoms. The molecule has 0 unspecified atom stereocenters. The van der Waals surface area contributed by atoms with Crippen LogP contribution in [0.15, 0.2) is 33.7 Å². The number of benzene rings is 1. The zero-order valence-corrected chi connectivity index (χ0v) is 15.0. The van der Waals surface area contributed by atoms with Crippen LogP contribution >= 0.6 is 15.9 Å². The van der Waals surface area contributed by atoms with Gasteiger partial charge in [-0.3, -0.25) is 9.79 Å². The Morgan fingerprint density at radius 3 is 2.27 bits per heavy atom. The Hall–Kier alpha value is -1.56. The van der Waals surface area contributed by atoms with Crippen molar-refractivity contribution >= 4 is 27.8 Å². The quantitative estimate of drug-likeness (QED) is 0.393. The fraction of sp³-hybridized carbons (Fsp3) is 0.500. The van der Waals surface area contributed by atoms with Crippen molar-refractivity contribution in [2.45, 2.75) is 20.3 Å². The number of aliphatic imine (C=N–C) groups is 1. The summed E-state index contributed by atoms with van der Waals surface area (Å²) in [6.45, 7) is 6.44. The van der Waals surface area contributed by atoms with E-state index in [4.69, 9.17) is 0 Å². The van der Waals surface area contributed by atoms with Crippen LogP contribution in [0.3, 0.4) is 0 Å². The summed E-state index contributed by atoms with van der Waals surface area (Å²) in [5, 5.41) is 9.30. The Labute approximate surface area is 141 Å². The lowest BCUT2D eigenvalue weighted by Crippen LogP contribution is -2.42. The number of halogens is 1. The number of hydrogen-bond donors (Lipinski definition) is 3. The van der Waals surface area contributed by atoms with E-state index in [1.54, 1.807) is 19.2 Å². The second kappa shape index (κ2) is 10.2. The standard InChI is InChI=1S/C16H25BrN4O/c1-12(2)8-9-20-16(18-3)21-11-10-19-15(22)13-4-6-14(17)7-5-13/h4-7,12H,8-11H2,1-3H3,(H,19,22)(H2,18,20,21). The molecule has 0 aliphatic rings. The summed E-state index contributed by atoms with van der Waals surface area (Å²) >= 11 is 3.35. The third-order valence-corrected chi connectivity index (χ3v) is 3.58. The second-order valence-corrected chi connectivity index (χ2v) is 6.29. The van der Waals surface area contributed by atoms with E-state index >= 15 is 0 Å². The molecular weight excluding hydrogens is 344 g/mol. The van der Waals surface area contributed by atoms with Crippen LogP contribution in [0.1, 0.15) is 30.6 Å². The summed E-state index contributed by atoms with van der Waals surface area (Å²) < 4.78 is 0.960. The fourth-order valence-electron chi connectivity index (χ4n) is 1.76. The van der Waals surface area contributed by atoms with Crippen molar-refractivity contribution in [3.05, 3.63) is 34.3 Å². The van der Waals surface area contributed by atoms with Gasteiger partial charge in [-0.05, 0) is 36.6 Å². The van der Waals surface area contributed by atoms with Crippen LogP contribution in [0.4, 0.5) is 0 Å². The number of carbonyl (C=O) groups excluding carboxylic acids is 1. The Balaban J connectivity index is 2.23. The number of nitrogens with zero attached hydrogens (tertiary/aromatic N) is 1. The van der Waals surface area contributed by atoms with E-state index in [2.05, 4.69) is 50.7 Å². The van der Waals surface area contributed by atoms with Gasteiger partial charge in [0, 0.05) is 36.7 Å². The number of carbonyl (C=O) groups is 1. The third kappa shape index (κ3) is 7.45. The lowest BCUT2D eigenvalue weighted by Gasteiger charge is -2.13. The highest BCUT2D eigenvalue weighted by Crippen LogP contribution is 2.10. The predicted octanol–water partition coefficient (Wildman–Crippen LogP) is 2.39. The van der Waals surface area contributed by atoms with Crippen LogP contribution in [-0.2, 0) is 0 Å². The second-order valence-electron chi connectivity index (χ2n) is 5.37. The minimum absolute atomic E-state index is 0.0722. The van der Waals surface area contributed by atoms with Gasteiger partial charge in [-0.2, -0.15) is 0 Å². The molecule has 0 aromatic heterocycles. The number of amides is 1. The summed E-state index contributed by atoms with van der Waals surface area (Å²) in [4.78, 5) is 16.1. The van der Waals surface area contributed by atoms with E-state index in [1.165, 1.54) is 0 Å². The van der Waals surface area contributed by atoms with E-state index in [0.717, 1.165) is 23.4 Å². The summed E-state index contributed by atoms with van der Waals surface area (Å²) in [6.07, 6.45) is 1.10. The molecule has 0 atom stereocenters. The predicted molar refractivity (Wildman–Crippen MR) is 95.3 cm³/mol. The molecule has 1 rings (SSSR count). The van der Waals surface area contributed by atoms with Gasteiger partial charge < -0.3 is 16.0 Å². The first-order valence-electron chi connectivity index (χ1n) is 7.51. The maximum Gasteiger partial charge on any atom is 0.251 e.